The number of anilines is 2. The molecule has 0 saturated carbocycles. The molecular formula is C12H20N4. The third-order valence-corrected chi connectivity index (χ3v) is 3.60. The number of hydrogen-bond donors (Lipinski definition) is 2. The van der Waals surface area contributed by atoms with Gasteiger partial charge < -0.3 is 10.3 Å². The molecule has 16 heavy (non-hydrogen) atoms. The molecule has 1 aliphatic rings. The standard InChI is InChI=1S/C12H20N4/c1-9-4-3-7-16(10(9)2)11-5-6-14-12(8-11)15-13/h5-6,8-10H,3-4,7,13H2,1-2H3,(H,14,15). The summed E-state index contributed by atoms with van der Waals surface area (Å²) in [5, 5.41) is 0. The van der Waals surface area contributed by atoms with E-state index in [1.54, 1.807) is 6.20 Å². The molecule has 0 bridgehead atoms. The fourth-order valence-corrected chi connectivity index (χ4v) is 2.38. The second-order valence-corrected chi connectivity index (χ2v) is 4.60. The van der Waals surface area contributed by atoms with Crippen LogP contribution in [0.4, 0.5) is 11.5 Å². The van der Waals surface area contributed by atoms with E-state index in [1.807, 2.05) is 6.07 Å². The quantitative estimate of drug-likeness (QED) is 0.591. The first-order valence-corrected chi connectivity index (χ1v) is 5.91. The van der Waals surface area contributed by atoms with E-state index in [4.69, 9.17) is 5.84 Å². The zero-order chi connectivity index (χ0) is 11.5. The zero-order valence-electron chi connectivity index (χ0n) is 9.98. The van der Waals surface area contributed by atoms with Crippen LogP contribution in [-0.4, -0.2) is 17.6 Å². The fraction of sp³-hybridized carbons (Fsp3) is 0.583. The van der Waals surface area contributed by atoms with Crippen LogP contribution in [0.3, 0.4) is 0 Å². The monoisotopic (exact) mass is 220 g/mol. The molecule has 4 heteroatoms. The Bertz CT molecular complexity index is 353. The second-order valence-electron chi connectivity index (χ2n) is 4.60. The van der Waals surface area contributed by atoms with Crippen molar-refractivity contribution in [2.24, 2.45) is 11.8 Å². The van der Waals surface area contributed by atoms with Gasteiger partial charge in [0, 0.05) is 30.5 Å². The van der Waals surface area contributed by atoms with Crippen LogP contribution in [0.25, 0.3) is 0 Å². The van der Waals surface area contributed by atoms with Crippen LogP contribution in [0.15, 0.2) is 18.3 Å². The first-order valence-electron chi connectivity index (χ1n) is 5.91. The van der Waals surface area contributed by atoms with Gasteiger partial charge in [-0.05, 0) is 31.7 Å². The van der Waals surface area contributed by atoms with Crippen molar-refractivity contribution in [1.82, 2.24) is 4.98 Å². The van der Waals surface area contributed by atoms with Crippen LogP contribution in [-0.2, 0) is 0 Å². The van der Waals surface area contributed by atoms with Crippen molar-refractivity contribution >= 4 is 11.5 Å². The molecule has 0 aromatic carbocycles. The number of hydrazine groups is 1. The van der Waals surface area contributed by atoms with Gasteiger partial charge in [0.25, 0.3) is 0 Å². The van der Waals surface area contributed by atoms with E-state index in [0.717, 1.165) is 18.3 Å². The smallest absolute Gasteiger partial charge is 0.141 e. The maximum absolute atomic E-state index is 5.38. The van der Waals surface area contributed by atoms with Gasteiger partial charge in [0.2, 0.25) is 0 Å². The molecular weight excluding hydrogens is 200 g/mol. The van der Waals surface area contributed by atoms with Crippen molar-refractivity contribution in [2.75, 3.05) is 16.9 Å². The van der Waals surface area contributed by atoms with E-state index in [2.05, 4.69) is 35.2 Å². The number of nitrogens with two attached hydrogens (primary N) is 1. The molecule has 0 spiro atoms. The van der Waals surface area contributed by atoms with Crippen LogP contribution in [0.1, 0.15) is 26.7 Å². The zero-order valence-corrected chi connectivity index (χ0v) is 9.98. The van der Waals surface area contributed by atoms with Crippen LogP contribution in [0.2, 0.25) is 0 Å². The molecule has 0 aliphatic carbocycles. The molecule has 2 heterocycles. The van der Waals surface area contributed by atoms with Gasteiger partial charge in [-0.2, -0.15) is 0 Å². The molecule has 2 unspecified atom stereocenters. The van der Waals surface area contributed by atoms with Crippen LogP contribution < -0.4 is 16.2 Å². The summed E-state index contributed by atoms with van der Waals surface area (Å²) in [5.74, 6) is 6.85. The van der Waals surface area contributed by atoms with Crippen molar-refractivity contribution in [3.8, 4) is 0 Å². The molecule has 3 N–H and O–H groups in total. The topological polar surface area (TPSA) is 54.2 Å². The molecule has 4 nitrogen and oxygen atoms in total. The minimum absolute atomic E-state index is 0.585. The molecule has 2 rings (SSSR count). The Morgan fingerprint density at radius 1 is 1.50 bits per heavy atom. The van der Waals surface area contributed by atoms with E-state index in [9.17, 15) is 0 Å². The third kappa shape index (κ3) is 2.11. The van der Waals surface area contributed by atoms with E-state index in [-0.39, 0.29) is 0 Å². The molecule has 1 aromatic heterocycles. The highest BCUT2D eigenvalue weighted by atomic mass is 15.3. The first-order chi connectivity index (χ1) is 7.72. The fourth-order valence-electron chi connectivity index (χ4n) is 2.38. The average Bonchev–Trinajstić information content (AvgIpc) is 2.33. The minimum Gasteiger partial charge on any atom is -0.368 e. The molecule has 2 atom stereocenters. The summed E-state index contributed by atoms with van der Waals surface area (Å²) < 4.78 is 0. The van der Waals surface area contributed by atoms with E-state index < -0.39 is 0 Å². The minimum atomic E-state index is 0.585. The van der Waals surface area contributed by atoms with Crippen molar-refractivity contribution in [3.63, 3.8) is 0 Å². The highest BCUT2D eigenvalue weighted by Gasteiger charge is 2.24. The van der Waals surface area contributed by atoms with E-state index in [0.29, 0.717) is 6.04 Å². The number of nitrogens with zero attached hydrogens (tertiary/aromatic N) is 2. The number of piperidine rings is 1. The highest BCUT2D eigenvalue weighted by molar-refractivity contribution is 5.54. The Labute approximate surface area is 96.8 Å². The van der Waals surface area contributed by atoms with Gasteiger partial charge in [-0.3, -0.25) is 0 Å². The van der Waals surface area contributed by atoms with Crippen LogP contribution >= 0.6 is 0 Å². The Hall–Kier alpha value is -1.29. The summed E-state index contributed by atoms with van der Waals surface area (Å²) in [7, 11) is 0. The molecule has 1 saturated heterocycles. The summed E-state index contributed by atoms with van der Waals surface area (Å²) in [4.78, 5) is 6.58. The second kappa shape index (κ2) is 4.70. The number of hydrogen-bond acceptors (Lipinski definition) is 4. The SMILES string of the molecule is CC1CCCN(c2ccnc(NN)c2)C1C. The lowest BCUT2D eigenvalue weighted by Gasteiger charge is -2.39. The summed E-state index contributed by atoms with van der Waals surface area (Å²) in [5.41, 5.74) is 3.80. The maximum atomic E-state index is 5.38. The summed E-state index contributed by atoms with van der Waals surface area (Å²) in [6.45, 7) is 5.74. The maximum Gasteiger partial charge on any atom is 0.141 e. The Morgan fingerprint density at radius 2 is 2.31 bits per heavy atom. The van der Waals surface area contributed by atoms with Crippen molar-refractivity contribution in [1.29, 1.82) is 0 Å². The van der Waals surface area contributed by atoms with Gasteiger partial charge in [0.1, 0.15) is 5.82 Å². The number of nitrogen functional groups attached to an aromatic ring is 1. The molecule has 1 aromatic rings. The van der Waals surface area contributed by atoms with Gasteiger partial charge in [0.15, 0.2) is 0 Å². The Balaban J connectivity index is 2.21. The van der Waals surface area contributed by atoms with Gasteiger partial charge in [0.05, 0.1) is 0 Å². The third-order valence-electron chi connectivity index (χ3n) is 3.60. The van der Waals surface area contributed by atoms with Gasteiger partial charge in [-0.1, -0.05) is 6.92 Å². The van der Waals surface area contributed by atoms with Crippen LogP contribution in [0.5, 0.6) is 0 Å². The largest absolute Gasteiger partial charge is 0.368 e. The first kappa shape index (κ1) is 11.2. The lowest BCUT2D eigenvalue weighted by atomic mass is 9.92. The van der Waals surface area contributed by atoms with Crippen LogP contribution in [0, 0.1) is 5.92 Å². The average molecular weight is 220 g/mol. The summed E-state index contributed by atoms with van der Waals surface area (Å²) in [6, 6.07) is 4.64. The van der Waals surface area contributed by atoms with Gasteiger partial charge in [-0.25, -0.2) is 10.8 Å². The number of pyridine rings is 1. The van der Waals surface area contributed by atoms with Gasteiger partial charge >= 0.3 is 0 Å². The predicted octanol–water partition coefficient (Wildman–Crippen LogP) is 1.99. The van der Waals surface area contributed by atoms with E-state index >= 15 is 0 Å². The molecule has 88 valence electrons. The van der Waals surface area contributed by atoms with Crippen molar-refractivity contribution in [2.45, 2.75) is 32.7 Å². The van der Waals surface area contributed by atoms with Crippen molar-refractivity contribution < 1.29 is 0 Å². The predicted molar refractivity (Wildman–Crippen MR) is 67.3 cm³/mol. The number of rotatable bonds is 2. The molecule has 1 aliphatic heterocycles. The number of nitrogens with one attached hydrogen (secondary N) is 1. The summed E-state index contributed by atoms with van der Waals surface area (Å²) in [6.07, 6.45) is 4.39. The van der Waals surface area contributed by atoms with E-state index in [1.165, 1.54) is 18.5 Å². The Kier molecular flexibility index (Phi) is 3.29. The van der Waals surface area contributed by atoms with Gasteiger partial charge in [-0.15, -0.1) is 0 Å². The molecule has 0 amide bonds. The normalized spacial score (nSPS) is 25.6. The number of aromatic nitrogens is 1. The highest BCUT2D eigenvalue weighted by Crippen LogP contribution is 2.28. The summed E-state index contributed by atoms with van der Waals surface area (Å²) >= 11 is 0. The lowest BCUT2D eigenvalue weighted by molar-refractivity contribution is 0.363. The lowest BCUT2D eigenvalue weighted by Crippen LogP contribution is -2.42. The Morgan fingerprint density at radius 3 is 3.06 bits per heavy atom. The molecule has 0 radical (unpaired) electrons. The molecule has 1 fully saturated rings. The van der Waals surface area contributed by atoms with Crippen molar-refractivity contribution in [3.05, 3.63) is 18.3 Å².